The summed E-state index contributed by atoms with van der Waals surface area (Å²) in [4.78, 5) is 0. The first-order chi connectivity index (χ1) is 8.25. The van der Waals surface area contributed by atoms with Crippen LogP contribution in [0.5, 0.6) is 0 Å². The number of aryl methyl sites for hydroxylation is 1. The maximum atomic E-state index is 3.52. The standard InChI is InChI=1S/C15H12BrN/c1-11-4-2-5-12-8-9-17(15(11)12)14-7-3-6-13(16)10-14/h2-10H,1H3. The van der Waals surface area contributed by atoms with Crippen LogP contribution in [0.2, 0.25) is 0 Å². The predicted molar refractivity (Wildman–Crippen MR) is 75.7 cm³/mol. The van der Waals surface area contributed by atoms with E-state index in [2.05, 4.69) is 76.1 Å². The lowest BCUT2D eigenvalue weighted by atomic mass is 10.1. The zero-order valence-corrected chi connectivity index (χ0v) is 11.1. The number of halogens is 1. The van der Waals surface area contributed by atoms with E-state index in [1.807, 2.05) is 6.07 Å². The van der Waals surface area contributed by atoms with E-state index in [0.717, 1.165) is 4.47 Å². The van der Waals surface area contributed by atoms with Gasteiger partial charge in [-0.25, -0.2) is 0 Å². The van der Waals surface area contributed by atoms with Gasteiger partial charge in [-0.15, -0.1) is 0 Å². The molecule has 0 radical (unpaired) electrons. The van der Waals surface area contributed by atoms with Crippen molar-refractivity contribution in [1.82, 2.24) is 4.57 Å². The number of hydrogen-bond acceptors (Lipinski definition) is 0. The highest BCUT2D eigenvalue weighted by molar-refractivity contribution is 9.10. The van der Waals surface area contributed by atoms with Crippen LogP contribution in [0.25, 0.3) is 16.6 Å². The maximum Gasteiger partial charge on any atom is 0.0557 e. The van der Waals surface area contributed by atoms with Gasteiger partial charge < -0.3 is 4.57 Å². The van der Waals surface area contributed by atoms with E-state index in [1.165, 1.54) is 22.2 Å². The van der Waals surface area contributed by atoms with Crippen LogP contribution in [0, 0.1) is 6.92 Å². The van der Waals surface area contributed by atoms with Crippen molar-refractivity contribution in [3.63, 3.8) is 0 Å². The molecule has 84 valence electrons. The summed E-state index contributed by atoms with van der Waals surface area (Å²) in [6.45, 7) is 2.15. The molecule has 2 heteroatoms. The lowest BCUT2D eigenvalue weighted by Crippen LogP contribution is -1.93. The topological polar surface area (TPSA) is 4.93 Å². The Morgan fingerprint density at radius 3 is 2.65 bits per heavy atom. The number of para-hydroxylation sites is 1. The highest BCUT2D eigenvalue weighted by Crippen LogP contribution is 2.24. The second kappa shape index (κ2) is 4.04. The summed E-state index contributed by atoms with van der Waals surface area (Å²) in [6.07, 6.45) is 2.12. The Morgan fingerprint density at radius 2 is 1.82 bits per heavy atom. The van der Waals surface area contributed by atoms with Gasteiger partial charge in [0.05, 0.1) is 5.52 Å². The lowest BCUT2D eigenvalue weighted by molar-refractivity contribution is 1.12. The van der Waals surface area contributed by atoms with Gasteiger partial charge in [-0.3, -0.25) is 0 Å². The Balaban J connectivity index is 2.31. The molecule has 1 aromatic heterocycles. The average Bonchev–Trinajstić information content (AvgIpc) is 2.74. The summed E-state index contributed by atoms with van der Waals surface area (Å²) in [5, 5.41) is 1.28. The zero-order valence-electron chi connectivity index (χ0n) is 9.52. The molecule has 0 aliphatic carbocycles. The third-order valence-electron chi connectivity index (χ3n) is 3.00. The second-order valence-electron chi connectivity index (χ2n) is 4.18. The maximum absolute atomic E-state index is 3.52. The van der Waals surface area contributed by atoms with Crippen LogP contribution in [0.1, 0.15) is 5.56 Å². The van der Waals surface area contributed by atoms with E-state index in [0.29, 0.717) is 0 Å². The van der Waals surface area contributed by atoms with Crippen molar-refractivity contribution in [2.75, 3.05) is 0 Å². The summed E-state index contributed by atoms with van der Waals surface area (Å²) >= 11 is 3.52. The van der Waals surface area contributed by atoms with Crippen molar-refractivity contribution < 1.29 is 0 Å². The molecule has 3 aromatic rings. The Morgan fingerprint density at radius 1 is 1.00 bits per heavy atom. The van der Waals surface area contributed by atoms with Crippen molar-refractivity contribution in [3.05, 3.63) is 64.8 Å². The molecular weight excluding hydrogens is 274 g/mol. The fourth-order valence-electron chi connectivity index (χ4n) is 2.22. The second-order valence-corrected chi connectivity index (χ2v) is 5.09. The average molecular weight is 286 g/mol. The van der Waals surface area contributed by atoms with Crippen LogP contribution in [-0.4, -0.2) is 4.57 Å². The molecule has 0 fully saturated rings. The minimum Gasteiger partial charge on any atom is -0.316 e. The van der Waals surface area contributed by atoms with Crippen molar-refractivity contribution >= 4 is 26.8 Å². The van der Waals surface area contributed by atoms with Crippen molar-refractivity contribution in [2.45, 2.75) is 6.92 Å². The number of hydrogen-bond donors (Lipinski definition) is 0. The molecule has 0 spiro atoms. The lowest BCUT2D eigenvalue weighted by Gasteiger charge is -2.07. The Hall–Kier alpha value is -1.54. The molecule has 0 saturated heterocycles. The molecule has 17 heavy (non-hydrogen) atoms. The number of aromatic nitrogens is 1. The molecule has 2 aromatic carbocycles. The van der Waals surface area contributed by atoms with E-state index in [4.69, 9.17) is 0 Å². The van der Waals surface area contributed by atoms with Crippen molar-refractivity contribution in [2.24, 2.45) is 0 Å². The van der Waals surface area contributed by atoms with Crippen LogP contribution in [0.3, 0.4) is 0 Å². The molecule has 0 saturated carbocycles. The minimum absolute atomic E-state index is 1.10. The number of rotatable bonds is 1. The monoisotopic (exact) mass is 285 g/mol. The highest BCUT2D eigenvalue weighted by Gasteiger charge is 2.05. The molecule has 0 bridgehead atoms. The van der Waals surface area contributed by atoms with Gasteiger partial charge in [-0.1, -0.05) is 40.2 Å². The Labute approximate surface area is 109 Å². The van der Waals surface area contributed by atoms with Gasteiger partial charge >= 0.3 is 0 Å². The normalized spacial score (nSPS) is 10.9. The highest BCUT2D eigenvalue weighted by atomic mass is 79.9. The van der Waals surface area contributed by atoms with Gasteiger partial charge in [-0.05, 0) is 36.8 Å². The van der Waals surface area contributed by atoms with Crippen molar-refractivity contribution in [3.8, 4) is 5.69 Å². The van der Waals surface area contributed by atoms with Gasteiger partial charge in [-0.2, -0.15) is 0 Å². The largest absolute Gasteiger partial charge is 0.316 e. The molecule has 0 atom stereocenters. The van der Waals surface area contributed by atoms with E-state index < -0.39 is 0 Å². The van der Waals surface area contributed by atoms with E-state index in [1.54, 1.807) is 0 Å². The summed E-state index contributed by atoms with van der Waals surface area (Å²) < 4.78 is 3.33. The van der Waals surface area contributed by atoms with Crippen LogP contribution < -0.4 is 0 Å². The molecule has 3 rings (SSSR count). The first-order valence-electron chi connectivity index (χ1n) is 5.58. The molecular formula is C15H12BrN. The first-order valence-corrected chi connectivity index (χ1v) is 6.37. The number of benzene rings is 2. The number of fused-ring (bicyclic) bond motifs is 1. The quantitative estimate of drug-likeness (QED) is 0.611. The Bertz CT molecular complexity index is 682. The summed E-state index contributed by atoms with van der Waals surface area (Å²) in [5.74, 6) is 0. The SMILES string of the molecule is Cc1cccc2ccn(-c3cccc(Br)c3)c12. The van der Waals surface area contributed by atoms with E-state index in [-0.39, 0.29) is 0 Å². The summed E-state index contributed by atoms with van der Waals surface area (Å²) in [6, 6.07) is 16.9. The fourth-order valence-corrected chi connectivity index (χ4v) is 2.60. The fraction of sp³-hybridized carbons (Fsp3) is 0.0667. The van der Waals surface area contributed by atoms with E-state index in [9.17, 15) is 0 Å². The van der Waals surface area contributed by atoms with Gasteiger partial charge in [0.15, 0.2) is 0 Å². The van der Waals surface area contributed by atoms with Crippen LogP contribution >= 0.6 is 15.9 Å². The number of nitrogens with zero attached hydrogens (tertiary/aromatic N) is 1. The first kappa shape index (κ1) is 10.6. The van der Waals surface area contributed by atoms with E-state index >= 15 is 0 Å². The Kier molecular flexibility index (Phi) is 2.52. The predicted octanol–water partition coefficient (Wildman–Crippen LogP) is 4.70. The summed E-state index contributed by atoms with van der Waals surface area (Å²) in [5.41, 5.74) is 3.77. The molecule has 0 aliphatic heterocycles. The molecule has 1 heterocycles. The molecule has 0 unspecified atom stereocenters. The zero-order chi connectivity index (χ0) is 11.8. The van der Waals surface area contributed by atoms with Crippen LogP contribution in [-0.2, 0) is 0 Å². The smallest absolute Gasteiger partial charge is 0.0557 e. The molecule has 0 N–H and O–H groups in total. The third kappa shape index (κ3) is 1.79. The van der Waals surface area contributed by atoms with Crippen molar-refractivity contribution in [1.29, 1.82) is 0 Å². The molecule has 0 aliphatic rings. The van der Waals surface area contributed by atoms with Gasteiger partial charge in [0.1, 0.15) is 0 Å². The minimum atomic E-state index is 1.10. The summed E-state index contributed by atoms with van der Waals surface area (Å²) in [7, 11) is 0. The molecule has 1 nitrogen and oxygen atoms in total. The third-order valence-corrected chi connectivity index (χ3v) is 3.49. The van der Waals surface area contributed by atoms with Gasteiger partial charge in [0.2, 0.25) is 0 Å². The van der Waals surface area contributed by atoms with Gasteiger partial charge in [0.25, 0.3) is 0 Å². The van der Waals surface area contributed by atoms with Gasteiger partial charge in [0, 0.05) is 21.7 Å². The molecule has 0 amide bonds. The van der Waals surface area contributed by atoms with Crippen LogP contribution in [0.15, 0.2) is 59.2 Å². The van der Waals surface area contributed by atoms with Crippen LogP contribution in [0.4, 0.5) is 0 Å².